The molecule has 0 saturated heterocycles. The topological polar surface area (TPSA) is 17.1 Å². The Morgan fingerprint density at radius 3 is 2.46 bits per heavy atom. The Morgan fingerprint density at radius 2 is 1.69 bits per heavy atom. The van der Waals surface area contributed by atoms with Crippen molar-refractivity contribution in [2.45, 2.75) is 44.9 Å². The second-order valence-electron chi connectivity index (χ2n) is 3.96. The second kappa shape index (κ2) is 3.91. The first-order valence-electron chi connectivity index (χ1n) is 5.29. The Balaban J connectivity index is 2.15. The summed E-state index contributed by atoms with van der Waals surface area (Å²) in [4.78, 5) is 11.3. The molecule has 0 N–H and O–H groups in total. The predicted molar refractivity (Wildman–Crippen MR) is 53.5 cm³/mol. The van der Waals surface area contributed by atoms with Crippen LogP contribution in [-0.4, -0.2) is 5.78 Å². The molecule has 1 heteroatoms. The lowest BCUT2D eigenvalue weighted by Crippen LogP contribution is -1.91. The van der Waals surface area contributed by atoms with E-state index in [9.17, 15) is 4.79 Å². The van der Waals surface area contributed by atoms with Gasteiger partial charge in [0.05, 0.1) is 0 Å². The van der Waals surface area contributed by atoms with Gasteiger partial charge in [0.2, 0.25) is 0 Å². The van der Waals surface area contributed by atoms with Crippen molar-refractivity contribution < 1.29 is 4.79 Å². The zero-order chi connectivity index (χ0) is 9.10. The molecule has 0 unspecified atom stereocenters. The van der Waals surface area contributed by atoms with Gasteiger partial charge in [-0.25, -0.2) is 0 Å². The van der Waals surface area contributed by atoms with Gasteiger partial charge in [0.1, 0.15) is 0 Å². The molecule has 0 radical (unpaired) electrons. The van der Waals surface area contributed by atoms with Crippen LogP contribution in [0.2, 0.25) is 0 Å². The molecule has 2 aliphatic carbocycles. The van der Waals surface area contributed by atoms with Crippen LogP contribution in [0.1, 0.15) is 44.9 Å². The first kappa shape index (κ1) is 8.74. The molecule has 0 fully saturated rings. The highest BCUT2D eigenvalue weighted by molar-refractivity contribution is 5.91. The average molecular weight is 176 g/mol. The van der Waals surface area contributed by atoms with E-state index in [-0.39, 0.29) is 0 Å². The molecular formula is C12H16O. The van der Waals surface area contributed by atoms with Gasteiger partial charge in [0.25, 0.3) is 0 Å². The predicted octanol–water partition coefficient (Wildman–Crippen LogP) is 3.17. The third-order valence-electron chi connectivity index (χ3n) is 2.91. The van der Waals surface area contributed by atoms with Gasteiger partial charge in [-0.3, -0.25) is 4.79 Å². The number of hydrogen-bond acceptors (Lipinski definition) is 1. The minimum atomic E-state index is 0.334. The molecule has 1 nitrogen and oxygen atoms in total. The minimum Gasteiger partial charge on any atom is -0.295 e. The van der Waals surface area contributed by atoms with Gasteiger partial charge in [-0.15, -0.1) is 0 Å². The van der Waals surface area contributed by atoms with E-state index in [1.54, 1.807) is 0 Å². The quantitative estimate of drug-likeness (QED) is 0.599. The van der Waals surface area contributed by atoms with E-state index in [1.165, 1.54) is 36.8 Å². The first-order valence-corrected chi connectivity index (χ1v) is 5.29. The van der Waals surface area contributed by atoms with Crippen molar-refractivity contribution >= 4 is 5.78 Å². The van der Waals surface area contributed by atoms with E-state index in [0.29, 0.717) is 5.78 Å². The van der Waals surface area contributed by atoms with Crippen LogP contribution < -0.4 is 0 Å². The van der Waals surface area contributed by atoms with Crippen molar-refractivity contribution in [3.05, 3.63) is 23.3 Å². The summed E-state index contributed by atoms with van der Waals surface area (Å²) in [6.07, 6.45) is 12.0. The zero-order valence-corrected chi connectivity index (χ0v) is 8.01. The van der Waals surface area contributed by atoms with Crippen molar-refractivity contribution in [3.8, 4) is 0 Å². The summed E-state index contributed by atoms with van der Waals surface area (Å²) in [7, 11) is 0. The number of carbonyl (C=O) groups excluding carboxylic acids is 1. The largest absolute Gasteiger partial charge is 0.295 e. The molecule has 2 rings (SSSR count). The summed E-state index contributed by atoms with van der Waals surface area (Å²) in [5.41, 5.74) is 2.79. The third-order valence-corrected chi connectivity index (χ3v) is 2.91. The number of carbonyl (C=O) groups is 1. The van der Waals surface area contributed by atoms with E-state index in [2.05, 4.69) is 6.08 Å². The lowest BCUT2D eigenvalue weighted by Gasteiger charge is -2.04. The van der Waals surface area contributed by atoms with E-state index in [1.807, 2.05) is 6.08 Å². The summed E-state index contributed by atoms with van der Waals surface area (Å²) < 4.78 is 0. The molecular weight excluding hydrogens is 160 g/mol. The Hall–Kier alpha value is -0.850. The highest BCUT2D eigenvalue weighted by atomic mass is 16.1. The number of hydrogen-bond donors (Lipinski definition) is 0. The maximum Gasteiger partial charge on any atom is 0.155 e. The van der Waals surface area contributed by atoms with Crippen molar-refractivity contribution in [2.75, 3.05) is 0 Å². The monoisotopic (exact) mass is 176 g/mol. The van der Waals surface area contributed by atoms with Crippen LogP contribution in [-0.2, 0) is 4.79 Å². The molecule has 13 heavy (non-hydrogen) atoms. The SMILES string of the molecule is O=C1C=C(C2=CCCC2)CCCC1. The zero-order valence-electron chi connectivity index (χ0n) is 8.01. The Kier molecular flexibility index (Phi) is 2.62. The highest BCUT2D eigenvalue weighted by Gasteiger charge is 2.13. The van der Waals surface area contributed by atoms with E-state index < -0.39 is 0 Å². The van der Waals surface area contributed by atoms with Crippen LogP contribution in [0.15, 0.2) is 23.3 Å². The molecule has 2 aliphatic rings. The fourth-order valence-corrected chi connectivity index (χ4v) is 2.17. The van der Waals surface area contributed by atoms with Gasteiger partial charge >= 0.3 is 0 Å². The van der Waals surface area contributed by atoms with Gasteiger partial charge in [-0.05, 0) is 55.7 Å². The summed E-state index contributed by atoms with van der Waals surface area (Å²) in [5.74, 6) is 0.334. The Morgan fingerprint density at radius 1 is 0.923 bits per heavy atom. The van der Waals surface area contributed by atoms with Crippen LogP contribution in [0.5, 0.6) is 0 Å². The van der Waals surface area contributed by atoms with Crippen LogP contribution >= 0.6 is 0 Å². The molecule has 0 aromatic heterocycles. The smallest absolute Gasteiger partial charge is 0.155 e. The van der Waals surface area contributed by atoms with Gasteiger partial charge in [-0.1, -0.05) is 6.08 Å². The maximum atomic E-state index is 11.3. The van der Waals surface area contributed by atoms with Crippen LogP contribution in [0.3, 0.4) is 0 Å². The maximum absolute atomic E-state index is 11.3. The van der Waals surface area contributed by atoms with Gasteiger partial charge in [-0.2, -0.15) is 0 Å². The molecule has 0 bridgehead atoms. The molecule has 0 amide bonds. The molecule has 0 aromatic carbocycles. The number of ketones is 1. The minimum absolute atomic E-state index is 0.334. The van der Waals surface area contributed by atoms with Crippen molar-refractivity contribution in [2.24, 2.45) is 0 Å². The summed E-state index contributed by atoms with van der Waals surface area (Å²) in [5, 5.41) is 0. The molecule has 0 spiro atoms. The summed E-state index contributed by atoms with van der Waals surface area (Å²) >= 11 is 0. The van der Waals surface area contributed by atoms with E-state index in [0.717, 1.165) is 19.3 Å². The lowest BCUT2D eigenvalue weighted by atomic mass is 10.0. The molecule has 0 aliphatic heterocycles. The number of allylic oxidation sites excluding steroid dienone is 4. The Bertz CT molecular complexity index is 271. The molecule has 0 heterocycles. The number of rotatable bonds is 1. The van der Waals surface area contributed by atoms with E-state index >= 15 is 0 Å². The van der Waals surface area contributed by atoms with Crippen molar-refractivity contribution in [1.82, 2.24) is 0 Å². The standard InChI is InChI=1S/C12H16O/c13-12-8-4-3-7-11(9-12)10-5-1-2-6-10/h5,9H,1-4,6-8H2. The highest BCUT2D eigenvalue weighted by Crippen LogP contribution is 2.29. The molecule has 0 aromatic rings. The summed E-state index contributed by atoms with van der Waals surface area (Å²) in [6, 6.07) is 0. The van der Waals surface area contributed by atoms with Crippen LogP contribution in [0.25, 0.3) is 0 Å². The molecule has 0 atom stereocenters. The van der Waals surface area contributed by atoms with Crippen molar-refractivity contribution in [3.63, 3.8) is 0 Å². The van der Waals surface area contributed by atoms with Gasteiger partial charge in [0, 0.05) is 6.42 Å². The first-order chi connectivity index (χ1) is 6.36. The fourth-order valence-electron chi connectivity index (χ4n) is 2.17. The molecule has 0 saturated carbocycles. The average Bonchev–Trinajstić information content (AvgIpc) is 2.56. The van der Waals surface area contributed by atoms with Crippen LogP contribution in [0, 0.1) is 0 Å². The fraction of sp³-hybridized carbons (Fsp3) is 0.583. The summed E-state index contributed by atoms with van der Waals surface area (Å²) in [6.45, 7) is 0. The van der Waals surface area contributed by atoms with Gasteiger partial charge in [0.15, 0.2) is 5.78 Å². The Labute approximate surface area is 79.5 Å². The normalized spacial score (nSPS) is 23.8. The van der Waals surface area contributed by atoms with E-state index in [4.69, 9.17) is 0 Å². The second-order valence-corrected chi connectivity index (χ2v) is 3.96. The third kappa shape index (κ3) is 2.09. The van der Waals surface area contributed by atoms with Crippen molar-refractivity contribution in [1.29, 1.82) is 0 Å². The molecule has 70 valence electrons. The van der Waals surface area contributed by atoms with Gasteiger partial charge < -0.3 is 0 Å². The van der Waals surface area contributed by atoms with Crippen LogP contribution in [0.4, 0.5) is 0 Å². The lowest BCUT2D eigenvalue weighted by molar-refractivity contribution is -0.114.